The fourth-order valence-electron chi connectivity index (χ4n) is 0.600. The minimum atomic E-state index is -1.31. The predicted octanol–water partition coefficient (Wildman–Crippen LogP) is -0.327. The van der Waals surface area contributed by atoms with Gasteiger partial charge in [-0.25, -0.2) is 4.79 Å². The molecule has 0 aromatic carbocycles. The first-order chi connectivity index (χ1) is 5.25. The lowest BCUT2D eigenvalue weighted by atomic mass is 10.3. The van der Waals surface area contributed by atoms with Crippen LogP contribution in [0.5, 0.6) is 0 Å². The van der Waals surface area contributed by atoms with Gasteiger partial charge in [0.1, 0.15) is 0 Å². The van der Waals surface area contributed by atoms with E-state index in [0.29, 0.717) is 0 Å². The van der Waals surface area contributed by atoms with E-state index in [2.05, 4.69) is 15.4 Å². The van der Waals surface area contributed by atoms with Crippen molar-refractivity contribution in [3.8, 4) is 0 Å². The fraction of sp³-hybridized carbons (Fsp3) is 0. The number of aromatic amines is 1. The van der Waals surface area contributed by atoms with Crippen molar-refractivity contribution in [3.63, 3.8) is 0 Å². The van der Waals surface area contributed by atoms with Crippen molar-refractivity contribution in [2.45, 2.75) is 0 Å². The number of carboxylic acid groups (broad SMARTS) is 1. The van der Waals surface area contributed by atoms with Crippen LogP contribution in [0.1, 0.15) is 5.69 Å². The molecule has 11 heavy (non-hydrogen) atoms. The Kier molecular flexibility index (Phi) is 1.86. The molecule has 0 amide bonds. The van der Waals surface area contributed by atoms with Gasteiger partial charge in [0.15, 0.2) is 0 Å². The Morgan fingerprint density at radius 1 is 1.73 bits per heavy atom. The van der Waals surface area contributed by atoms with Crippen molar-refractivity contribution in [2.75, 3.05) is 0 Å². The molecule has 3 N–H and O–H groups in total. The molecule has 0 saturated heterocycles. The summed E-state index contributed by atoms with van der Waals surface area (Å²) in [6.07, 6.45) is 1.36. The Morgan fingerprint density at radius 3 is 2.82 bits per heavy atom. The highest BCUT2D eigenvalue weighted by Crippen LogP contribution is 1.94. The van der Waals surface area contributed by atoms with E-state index in [4.69, 9.17) is 10.3 Å². The summed E-state index contributed by atoms with van der Waals surface area (Å²) in [5.41, 5.74) is -0.289. The van der Waals surface area contributed by atoms with E-state index < -0.39 is 11.7 Å². The van der Waals surface area contributed by atoms with Crippen LogP contribution in [0.3, 0.4) is 0 Å². The third-order valence-electron chi connectivity index (χ3n) is 1.06. The summed E-state index contributed by atoms with van der Waals surface area (Å²) in [6, 6.07) is 1.39. The van der Waals surface area contributed by atoms with Crippen LogP contribution in [0.15, 0.2) is 17.4 Å². The van der Waals surface area contributed by atoms with Crippen LogP contribution in [-0.2, 0) is 4.79 Å². The van der Waals surface area contributed by atoms with E-state index in [1.54, 1.807) is 0 Å². The Bertz CT molecular complexity index is 277. The smallest absolute Gasteiger partial charge is 0.360 e. The number of carbonyl (C=O) groups is 1. The standard InChI is InChI=1S/C5H5N3O3/c9-5(10)4(8-11)3-1-2-6-7-3/h1-2,11H,(H,6,7)(H,9,10)/b8-4-. The normalized spacial score (nSPS) is 11.5. The van der Waals surface area contributed by atoms with Gasteiger partial charge in [0, 0.05) is 6.20 Å². The summed E-state index contributed by atoms with van der Waals surface area (Å²) in [7, 11) is 0. The van der Waals surface area contributed by atoms with Gasteiger partial charge in [-0.05, 0) is 6.07 Å². The molecule has 0 aliphatic carbocycles. The molecular formula is C5H5N3O3. The largest absolute Gasteiger partial charge is 0.476 e. The number of rotatable bonds is 2. The highest BCUT2D eigenvalue weighted by molar-refractivity contribution is 6.41. The minimum absolute atomic E-state index is 0.167. The zero-order valence-electron chi connectivity index (χ0n) is 5.35. The summed E-state index contributed by atoms with van der Waals surface area (Å²) in [4.78, 5) is 10.3. The molecule has 0 bridgehead atoms. The summed E-state index contributed by atoms with van der Waals surface area (Å²) in [6.45, 7) is 0. The average Bonchev–Trinajstić information content (AvgIpc) is 2.40. The van der Waals surface area contributed by atoms with E-state index in [1.807, 2.05) is 0 Å². The second kappa shape index (κ2) is 2.82. The molecule has 0 spiro atoms. The number of H-pyrrole nitrogens is 1. The number of oxime groups is 1. The zero-order chi connectivity index (χ0) is 8.27. The minimum Gasteiger partial charge on any atom is -0.476 e. The van der Waals surface area contributed by atoms with E-state index in [9.17, 15) is 4.79 Å². The van der Waals surface area contributed by atoms with Gasteiger partial charge in [-0.1, -0.05) is 5.16 Å². The summed E-state index contributed by atoms with van der Waals surface area (Å²) in [5.74, 6) is -1.31. The highest BCUT2D eigenvalue weighted by Gasteiger charge is 2.13. The summed E-state index contributed by atoms with van der Waals surface area (Å²) >= 11 is 0. The van der Waals surface area contributed by atoms with Gasteiger partial charge in [-0.3, -0.25) is 5.10 Å². The van der Waals surface area contributed by atoms with Gasteiger partial charge in [-0.2, -0.15) is 5.10 Å². The molecule has 1 aromatic rings. The molecule has 0 unspecified atom stereocenters. The zero-order valence-corrected chi connectivity index (χ0v) is 5.35. The Labute approximate surface area is 61.2 Å². The van der Waals surface area contributed by atoms with Crippen molar-refractivity contribution in [3.05, 3.63) is 18.0 Å². The maximum atomic E-state index is 10.3. The highest BCUT2D eigenvalue weighted by atomic mass is 16.4. The molecule has 1 heterocycles. The first kappa shape index (κ1) is 7.26. The van der Waals surface area contributed by atoms with Crippen LogP contribution in [0.4, 0.5) is 0 Å². The first-order valence-electron chi connectivity index (χ1n) is 2.71. The number of hydrogen-bond acceptors (Lipinski definition) is 4. The van der Waals surface area contributed by atoms with Crippen LogP contribution in [0.2, 0.25) is 0 Å². The van der Waals surface area contributed by atoms with Crippen molar-refractivity contribution < 1.29 is 15.1 Å². The predicted molar refractivity (Wildman–Crippen MR) is 34.5 cm³/mol. The molecule has 1 aromatic heterocycles. The van der Waals surface area contributed by atoms with Gasteiger partial charge in [0.25, 0.3) is 0 Å². The van der Waals surface area contributed by atoms with Gasteiger partial charge in [0.05, 0.1) is 5.69 Å². The maximum absolute atomic E-state index is 10.3. The lowest BCUT2D eigenvalue weighted by molar-refractivity contribution is -0.129. The number of nitrogens with zero attached hydrogens (tertiary/aromatic N) is 2. The molecule has 0 aliphatic rings. The molecule has 0 atom stereocenters. The van der Waals surface area contributed by atoms with Crippen LogP contribution >= 0.6 is 0 Å². The molecule has 0 radical (unpaired) electrons. The van der Waals surface area contributed by atoms with Crippen LogP contribution in [0, 0.1) is 0 Å². The van der Waals surface area contributed by atoms with Gasteiger partial charge >= 0.3 is 5.97 Å². The van der Waals surface area contributed by atoms with E-state index in [-0.39, 0.29) is 5.69 Å². The van der Waals surface area contributed by atoms with Gasteiger partial charge in [0.2, 0.25) is 5.71 Å². The Balaban J connectivity index is 2.99. The Hall–Kier alpha value is -1.85. The number of nitrogens with one attached hydrogen (secondary N) is 1. The molecule has 58 valence electrons. The van der Waals surface area contributed by atoms with Crippen LogP contribution < -0.4 is 0 Å². The molecule has 6 heteroatoms. The van der Waals surface area contributed by atoms with E-state index in [0.717, 1.165) is 0 Å². The number of carboxylic acids is 1. The number of hydrogen-bond donors (Lipinski definition) is 3. The van der Waals surface area contributed by atoms with Crippen molar-refractivity contribution >= 4 is 11.7 Å². The lowest BCUT2D eigenvalue weighted by Gasteiger charge is -1.91. The third kappa shape index (κ3) is 1.34. The maximum Gasteiger partial charge on any atom is 0.360 e. The first-order valence-corrected chi connectivity index (χ1v) is 2.71. The molecule has 1 rings (SSSR count). The number of aromatic nitrogens is 2. The monoisotopic (exact) mass is 155 g/mol. The van der Waals surface area contributed by atoms with E-state index in [1.165, 1.54) is 12.3 Å². The van der Waals surface area contributed by atoms with Crippen molar-refractivity contribution in [2.24, 2.45) is 5.16 Å². The van der Waals surface area contributed by atoms with E-state index >= 15 is 0 Å². The SMILES string of the molecule is O=C(O)/C(=N\O)c1ccn[nH]1. The molecule has 0 aliphatic heterocycles. The van der Waals surface area contributed by atoms with Crippen LogP contribution in [-0.4, -0.2) is 32.2 Å². The Morgan fingerprint density at radius 2 is 2.45 bits per heavy atom. The second-order valence-electron chi connectivity index (χ2n) is 1.72. The number of aliphatic carboxylic acids is 1. The quantitative estimate of drug-likeness (QED) is 0.309. The van der Waals surface area contributed by atoms with Gasteiger partial charge < -0.3 is 10.3 Å². The summed E-state index contributed by atoms with van der Waals surface area (Å²) < 4.78 is 0. The van der Waals surface area contributed by atoms with Gasteiger partial charge in [-0.15, -0.1) is 0 Å². The molecular weight excluding hydrogens is 150 g/mol. The summed E-state index contributed by atoms with van der Waals surface area (Å²) in [5, 5.41) is 25.1. The average molecular weight is 155 g/mol. The molecule has 0 saturated carbocycles. The fourth-order valence-corrected chi connectivity index (χ4v) is 0.600. The van der Waals surface area contributed by atoms with Crippen molar-refractivity contribution in [1.82, 2.24) is 10.2 Å². The second-order valence-corrected chi connectivity index (χ2v) is 1.72. The molecule has 0 fully saturated rings. The van der Waals surface area contributed by atoms with Crippen LogP contribution in [0.25, 0.3) is 0 Å². The van der Waals surface area contributed by atoms with Crippen molar-refractivity contribution in [1.29, 1.82) is 0 Å². The lowest BCUT2D eigenvalue weighted by Crippen LogP contribution is -2.14. The molecule has 6 nitrogen and oxygen atoms in total. The third-order valence-corrected chi connectivity index (χ3v) is 1.06. The topological polar surface area (TPSA) is 98.6 Å².